The van der Waals surface area contributed by atoms with Crippen LogP contribution in [0.25, 0.3) is 0 Å². The van der Waals surface area contributed by atoms with Crippen molar-refractivity contribution in [1.82, 2.24) is 4.98 Å². The van der Waals surface area contributed by atoms with Gasteiger partial charge in [0.05, 0.1) is 12.0 Å². The third kappa shape index (κ3) is 3.78. The second kappa shape index (κ2) is 6.88. The largest absolute Gasteiger partial charge is 0.368 e. The van der Waals surface area contributed by atoms with Crippen LogP contribution in [0.3, 0.4) is 0 Å². The van der Waals surface area contributed by atoms with Crippen LogP contribution in [0, 0.1) is 28.9 Å². The Kier molecular flexibility index (Phi) is 5.49. The number of nitrogens with zero attached hydrogens (tertiary/aromatic N) is 3. The lowest BCUT2D eigenvalue weighted by Gasteiger charge is -2.24. The Bertz CT molecular complexity index is 470. The van der Waals surface area contributed by atoms with Gasteiger partial charge >= 0.3 is 0 Å². The van der Waals surface area contributed by atoms with Crippen LogP contribution in [-0.2, 0) is 0 Å². The number of nitrogens with one attached hydrogen (secondary N) is 1. The second-order valence-corrected chi connectivity index (χ2v) is 4.22. The molecule has 1 rings (SSSR count). The monoisotopic (exact) mass is 268 g/mol. The number of anilines is 2. The highest BCUT2D eigenvalue weighted by molar-refractivity contribution is 5.49. The zero-order valence-electron chi connectivity index (χ0n) is 11.4. The minimum atomic E-state index is -0.717. The Morgan fingerprint density at radius 3 is 2.63 bits per heavy atom. The molecule has 1 heterocycles. The zero-order chi connectivity index (χ0) is 14.4. The van der Waals surface area contributed by atoms with Crippen molar-refractivity contribution in [2.75, 3.05) is 29.9 Å². The number of hydrogen-bond donors (Lipinski definition) is 1. The number of halogens is 2. The Balaban J connectivity index is 3.09. The highest BCUT2D eigenvalue weighted by Crippen LogP contribution is 2.23. The van der Waals surface area contributed by atoms with E-state index in [1.165, 1.54) is 0 Å². The van der Waals surface area contributed by atoms with Crippen LogP contribution in [0.1, 0.15) is 20.8 Å². The summed E-state index contributed by atoms with van der Waals surface area (Å²) in [4.78, 5) is 5.60. The van der Waals surface area contributed by atoms with Crippen molar-refractivity contribution < 1.29 is 8.78 Å². The molecule has 0 aliphatic heterocycles. The van der Waals surface area contributed by atoms with Crippen LogP contribution in [-0.4, -0.2) is 24.6 Å². The molecule has 1 N–H and O–H groups in total. The normalized spacial score (nSPS) is 11.8. The van der Waals surface area contributed by atoms with Gasteiger partial charge < -0.3 is 10.2 Å². The molecule has 0 aliphatic rings. The molecular weight excluding hydrogens is 250 g/mol. The lowest BCUT2D eigenvalue weighted by molar-refractivity contribution is 0.564. The van der Waals surface area contributed by atoms with Gasteiger partial charge in [0.25, 0.3) is 0 Å². The van der Waals surface area contributed by atoms with Crippen LogP contribution in [0.5, 0.6) is 0 Å². The SMILES string of the molecule is CCNc1nc(N(CC)CC(C)C#N)c(F)cc1F. The van der Waals surface area contributed by atoms with Gasteiger partial charge in [0.15, 0.2) is 23.3 Å². The summed E-state index contributed by atoms with van der Waals surface area (Å²) in [5.41, 5.74) is 0. The molecule has 0 aromatic carbocycles. The first-order valence-corrected chi connectivity index (χ1v) is 6.27. The molecule has 0 aliphatic carbocycles. The van der Waals surface area contributed by atoms with Gasteiger partial charge in [0, 0.05) is 25.7 Å². The van der Waals surface area contributed by atoms with E-state index in [9.17, 15) is 8.78 Å². The molecule has 1 unspecified atom stereocenters. The van der Waals surface area contributed by atoms with Gasteiger partial charge in [-0.2, -0.15) is 5.26 Å². The average Bonchev–Trinajstić information content (AvgIpc) is 2.39. The first-order chi connectivity index (χ1) is 9.03. The van der Waals surface area contributed by atoms with Gasteiger partial charge in [-0.15, -0.1) is 0 Å². The fourth-order valence-electron chi connectivity index (χ4n) is 1.71. The van der Waals surface area contributed by atoms with Crippen molar-refractivity contribution >= 4 is 11.6 Å². The van der Waals surface area contributed by atoms with E-state index < -0.39 is 11.6 Å². The summed E-state index contributed by atoms with van der Waals surface area (Å²) in [7, 11) is 0. The standard InChI is InChI=1S/C13H18F2N4/c1-4-17-12-10(14)6-11(15)13(18-12)19(5-2)8-9(3)7-16/h6,9H,4-5,8H2,1-3H3,(H,17,18). The molecule has 0 radical (unpaired) electrons. The number of hydrogen-bond acceptors (Lipinski definition) is 4. The van der Waals surface area contributed by atoms with Gasteiger partial charge in [-0.05, 0) is 20.8 Å². The van der Waals surface area contributed by atoms with Gasteiger partial charge in [-0.1, -0.05) is 0 Å². The molecule has 1 aromatic heterocycles. The molecular formula is C13H18F2N4. The molecule has 0 bridgehead atoms. The van der Waals surface area contributed by atoms with Crippen LogP contribution in [0.4, 0.5) is 20.4 Å². The molecule has 0 saturated carbocycles. The molecule has 1 aromatic rings. The van der Waals surface area contributed by atoms with Crippen molar-refractivity contribution in [3.8, 4) is 6.07 Å². The number of aromatic nitrogens is 1. The van der Waals surface area contributed by atoms with E-state index in [0.717, 1.165) is 6.07 Å². The van der Waals surface area contributed by atoms with E-state index in [2.05, 4.69) is 16.4 Å². The lowest BCUT2D eigenvalue weighted by Crippen LogP contribution is -2.29. The molecule has 0 fully saturated rings. The Morgan fingerprint density at radius 1 is 1.42 bits per heavy atom. The minimum Gasteiger partial charge on any atom is -0.368 e. The fourth-order valence-corrected chi connectivity index (χ4v) is 1.71. The molecule has 0 spiro atoms. The topological polar surface area (TPSA) is 52.0 Å². The number of nitriles is 1. The third-order valence-electron chi connectivity index (χ3n) is 2.65. The molecule has 4 nitrogen and oxygen atoms in total. The maximum Gasteiger partial charge on any atom is 0.168 e. The third-order valence-corrected chi connectivity index (χ3v) is 2.65. The van der Waals surface area contributed by atoms with Crippen molar-refractivity contribution in [2.45, 2.75) is 20.8 Å². The van der Waals surface area contributed by atoms with Gasteiger partial charge in [-0.3, -0.25) is 0 Å². The van der Waals surface area contributed by atoms with Crippen LogP contribution < -0.4 is 10.2 Å². The Morgan fingerprint density at radius 2 is 2.11 bits per heavy atom. The molecule has 0 saturated heterocycles. The first kappa shape index (κ1) is 15.2. The minimum absolute atomic E-state index is 0.0296. The summed E-state index contributed by atoms with van der Waals surface area (Å²) in [6.07, 6.45) is 0. The summed E-state index contributed by atoms with van der Waals surface area (Å²) < 4.78 is 27.3. The maximum atomic E-state index is 13.8. The van der Waals surface area contributed by atoms with Crippen LogP contribution in [0.15, 0.2) is 6.07 Å². The highest BCUT2D eigenvalue weighted by atomic mass is 19.1. The Labute approximate surface area is 112 Å². The Hall–Kier alpha value is -1.90. The maximum absolute atomic E-state index is 13.8. The van der Waals surface area contributed by atoms with E-state index in [-0.39, 0.29) is 17.6 Å². The van der Waals surface area contributed by atoms with E-state index in [0.29, 0.717) is 19.6 Å². The van der Waals surface area contributed by atoms with E-state index in [1.807, 2.05) is 6.92 Å². The average molecular weight is 268 g/mol. The van der Waals surface area contributed by atoms with Gasteiger partial charge in [-0.25, -0.2) is 13.8 Å². The van der Waals surface area contributed by atoms with Gasteiger partial charge in [0.2, 0.25) is 0 Å². The zero-order valence-corrected chi connectivity index (χ0v) is 11.4. The van der Waals surface area contributed by atoms with Crippen molar-refractivity contribution in [3.63, 3.8) is 0 Å². The summed E-state index contributed by atoms with van der Waals surface area (Å²) in [5.74, 6) is -1.59. The van der Waals surface area contributed by atoms with Gasteiger partial charge in [0.1, 0.15) is 0 Å². The van der Waals surface area contributed by atoms with E-state index in [1.54, 1.807) is 18.7 Å². The summed E-state index contributed by atoms with van der Waals surface area (Å²) in [6, 6.07) is 2.91. The van der Waals surface area contributed by atoms with Crippen molar-refractivity contribution in [2.24, 2.45) is 5.92 Å². The number of rotatable bonds is 6. The van der Waals surface area contributed by atoms with Crippen LogP contribution >= 0.6 is 0 Å². The molecule has 6 heteroatoms. The smallest absolute Gasteiger partial charge is 0.168 e. The molecule has 0 amide bonds. The summed E-state index contributed by atoms with van der Waals surface area (Å²) in [5, 5.41) is 11.6. The lowest BCUT2D eigenvalue weighted by atomic mass is 10.2. The highest BCUT2D eigenvalue weighted by Gasteiger charge is 2.18. The predicted molar refractivity (Wildman–Crippen MR) is 71.0 cm³/mol. The second-order valence-electron chi connectivity index (χ2n) is 4.22. The number of pyridine rings is 1. The quantitative estimate of drug-likeness (QED) is 0.862. The van der Waals surface area contributed by atoms with Crippen LogP contribution in [0.2, 0.25) is 0 Å². The summed E-state index contributed by atoms with van der Waals surface area (Å²) >= 11 is 0. The van der Waals surface area contributed by atoms with E-state index >= 15 is 0 Å². The van der Waals surface area contributed by atoms with E-state index in [4.69, 9.17) is 5.26 Å². The van der Waals surface area contributed by atoms with Crippen molar-refractivity contribution in [1.29, 1.82) is 5.26 Å². The molecule has 19 heavy (non-hydrogen) atoms. The predicted octanol–water partition coefficient (Wildman–Crippen LogP) is 2.78. The van der Waals surface area contributed by atoms with Crippen molar-refractivity contribution in [3.05, 3.63) is 17.7 Å². The molecule has 1 atom stereocenters. The fraction of sp³-hybridized carbons (Fsp3) is 0.538. The summed E-state index contributed by atoms with van der Waals surface area (Å²) in [6.45, 7) is 6.73. The first-order valence-electron chi connectivity index (χ1n) is 6.27. The molecule has 104 valence electrons.